The van der Waals surface area contributed by atoms with Gasteiger partial charge in [-0.3, -0.25) is 9.59 Å². The molecule has 0 aromatic carbocycles. The fourth-order valence-corrected chi connectivity index (χ4v) is 17.6. The van der Waals surface area contributed by atoms with Gasteiger partial charge in [0, 0.05) is 12.3 Å². The minimum absolute atomic E-state index is 0.0510. The summed E-state index contributed by atoms with van der Waals surface area (Å²) in [5.41, 5.74) is -6.59. The number of ether oxygens (including phenoxy) is 10. The second-order valence-corrected chi connectivity index (χ2v) is 28.8. The van der Waals surface area contributed by atoms with Gasteiger partial charge in [0.15, 0.2) is 31.3 Å². The third-order valence-corrected chi connectivity index (χ3v) is 23.0. The maximum absolute atomic E-state index is 15.4. The third-order valence-electron chi connectivity index (χ3n) is 23.0. The van der Waals surface area contributed by atoms with Crippen molar-refractivity contribution in [3.05, 3.63) is 11.6 Å². The van der Waals surface area contributed by atoms with Crippen molar-refractivity contribution in [1.82, 2.24) is 5.32 Å². The summed E-state index contributed by atoms with van der Waals surface area (Å²) in [4.78, 5) is 28.5. The maximum atomic E-state index is 15.4. The van der Waals surface area contributed by atoms with Crippen molar-refractivity contribution in [1.29, 1.82) is 0 Å². The highest BCUT2D eigenvalue weighted by atomic mass is 16.8. The Morgan fingerprint density at radius 1 is 0.632 bits per heavy atom. The molecule has 498 valence electrons. The number of hydrogen-bond acceptors (Lipinski definition) is 27. The van der Waals surface area contributed by atoms with Gasteiger partial charge in [0.2, 0.25) is 12.2 Å². The van der Waals surface area contributed by atoms with Gasteiger partial charge in [-0.25, -0.2) is 0 Å². The van der Waals surface area contributed by atoms with E-state index < -0.39 is 225 Å². The Bertz CT molecular complexity index is 2490. The predicted molar refractivity (Wildman–Crippen MR) is 292 cm³/mol. The number of esters is 1. The zero-order chi connectivity index (χ0) is 63.6. The molecule has 5 heterocycles. The zero-order valence-electron chi connectivity index (χ0n) is 50.6. The number of carbonyl (C=O) groups excluding carboxylic acids is 2. The standard InChI is InChI=1S/C59H95NO27/c1-24(63)60-34-42(85-49-41(72)36(67)28(65)20-79-49)38(69)30(21-80-48-40(71)35(66)27(64)19-78-48)83-47(34)84-33-12-13-55(6)31(54(33,4)5)11-14-56(7)32(55)10-9-25-26-17-53(2,3)15-16-59(26,45(74)44(73)57(25,56)8)52(76)87-50-43(39(70)37(68)29(18-61)82-50)86-51-46(75)58(77,22-62)23-81-51/h9,26-51,61-62,64-75,77H,10-23H2,1-8H3,(H,60,63). The van der Waals surface area contributed by atoms with Crippen LogP contribution in [-0.2, 0) is 57.0 Å². The van der Waals surface area contributed by atoms with Crippen LogP contribution in [0.4, 0.5) is 0 Å². The number of rotatable bonds is 14. The molecule has 5 aliphatic heterocycles. The quantitative estimate of drug-likeness (QED) is 0.0445. The lowest BCUT2D eigenvalue weighted by atomic mass is 9.32. The molecule has 0 bridgehead atoms. The molecular formula is C59H95NO27. The molecule has 1 amide bonds. The molecule has 9 fully saturated rings. The van der Waals surface area contributed by atoms with Crippen molar-refractivity contribution in [2.45, 2.75) is 254 Å². The Morgan fingerprint density at radius 2 is 1.26 bits per heavy atom. The van der Waals surface area contributed by atoms with Gasteiger partial charge in [0.1, 0.15) is 96.4 Å². The topological polar surface area (TPSA) is 442 Å². The first-order valence-electron chi connectivity index (χ1n) is 30.7. The minimum Gasteiger partial charge on any atom is -0.432 e. The second kappa shape index (κ2) is 24.6. The van der Waals surface area contributed by atoms with Crippen LogP contribution < -0.4 is 5.32 Å². The van der Waals surface area contributed by atoms with E-state index in [1.165, 1.54) is 6.92 Å². The lowest BCUT2D eigenvalue weighted by Gasteiger charge is -2.72. The molecule has 0 spiro atoms. The first-order chi connectivity index (χ1) is 40.7. The molecule has 28 nitrogen and oxygen atoms in total. The van der Waals surface area contributed by atoms with E-state index in [1.54, 1.807) is 0 Å². The number of fused-ring (bicyclic) bond motifs is 7. The van der Waals surface area contributed by atoms with Crippen molar-refractivity contribution >= 4 is 11.9 Å². The van der Waals surface area contributed by atoms with E-state index in [-0.39, 0.29) is 30.3 Å². The monoisotopic (exact) mass is 1250 g/mol. The molecule has 4 saturated carbocycles. The van der Waals surface area contributed by atoms with Crippen molar-refractivity contribution in [3.8, 4) is 0 Å². The molecule has 10 aliphatic rings. The summed E-state index contributed by atoms with van der Waals surface area (Å²) in [5, 5.41) is 168. The summed E-state index contributed by atoms with van der Waals surface area (Å²) in [6.45, 7) is 12.2. The predicted octanol–water partition coefficient (Wildman–Crippen LogP) is -4.21. The van der Waals surface area contributed by atoms with Crippen molar-refractivity contribution < 1.29 is 134 Å². The second-order valence-electron chi connectivity index (χ2n) is 28.8. The normalized spacial score (nSPS) is 52.9. The van der Waals surface area contributed by atoms with Gasteiger partial charge >= 0.3 is 5.97 Å². The largest absolute Gasteiger partial charge is 0.432 e. The first kappa shape index (κ1) is 67.6. The molecule has 10 rings (SSSR count). The number of aliphatic hydroxyl groups excluding tert-OH is 14. The average molecular weight is 1250 g/mol. The summed E-state index contributed by atoms with van der Waals surface area (Å²) in [7, 11) is 0. The van der Waals surface area contributed by atoms with Gasteiger partial charge in [-0.15, -0.1) is 0 Å². The Balaban J connectivity index is 0.928. The molecule has 31 atom stereocenters. The van der Waals surface area contributed by atoms with E-state index >= 15 is 4.79 Å². The van der Waals surface area contributed by atoms with Gasteiger partial charge in [0.05, 0.1) is 58.0 Å². The number of aliphatic hydroxyl groups is 15. The Morgan fingerprint density at radius 3 is 1.90 bits per heavy atom. The van der Waals surface area contributed by atoms with Crippen LogP contribution in [0.5, 0.6) is 0 Å². The molecule has 0 aromatic rings. The molecule has 5 saturated heterocycles. The fraction of sp³-hybridized carbons (Fsp3) is 0.932. The Labute approximate surface area is 504 Å². The number of hydrogen-bond donors (Lipinski definition) is 16. The average Bonchev–Trinajstić information content (AvgIpc) is 0.968. The zero-order valence-corrected chi connectivity index (χ0v) is 50.6. The molecule has 31 unspecified atom stereocenters. The Kier molecular flexibility index (Phi) is 19.1. The van der Waals surface area contributed by atoms with Crippen LogP contribution in [0.2, 0.25) is 0 Å². The van der Waals surface area contributed by atoms with E-state index in [0.29, 0.717) is 44.9 Å². The molecule has 87 heavy (non-hydrogen) atoms. The highest BCUT2D eigenvalue weighted by Gasteiger charge is 2.75. The highest BCUT2D eigenvalue weighted by Crippen LogP contribution is 2.76. The summed E-state index contributed by atoms with van der Waals surface area (Å²) in [6, 6.07) is -1.31. The van der Waals surface area contributed by atoms with Crippen LogP contribution in [0.25, 0.3) is 0 Å². The summed E-state index contributed by atoms with van der Waals surface area (Å²) >= 11 is 0. The summed E-state index contributed by atoms with van der Waals surface area (Å²) in [5.74, 6) is -2.52. The highest BCUT2D eigenvalue weighted by molar-refractivity contribution is 5.80. The van der Waals surface area contributed by atoms with Crippen molar-refractivity contribution in [3.63, 3.8) is 0 Å². The van der Waals surface area contributed by atoms with E-state index in [9.17, 15) is 81.4 Å². The van der Waals surface area contributed by atoms with Crippen LogP contribution in [0, 0.1) is 50.2 Å². The van der Waals surface area contributed by atoms with E-state index in [0.717, 1.165) is 5.57 Å². The first-order valence-corrected chi connectivity index (χ1v) is 30.7. The minimum atomic E-state index is -2.15. The van der Waals surface area contributed by atoms with Crippen molar-refractivity contribution in [2.75, 3.05) is 39.6 Å². The van der Waals surface area contributed by atoms with Gasteiger partial charge in [-0.2, -0.15) is 0 Å². The Hall–Kier alpha value is -2.28. The third kappa shape index (κ3) is 11.2. The van der Waals surface area contributed by atoms with E-state index in [2.05, 4.69) is 52.9 Å². The van der Waals surface area contributed by atoms with Crippen molar-refractivity contribution in [2.24, 2.45) is 50.2 Å². The molecule has 28 heteroatoms. The van der Waals surface area contributed by atoms with Gasteiger partial charge < -0.3 is 129 Å². The molecular weight excluding hydrogens is 1150 g/mol. The SMILES string of the molecule is CC(=O)NC1C(OC2CCC3(C)C(CCC4(C)C3CC=C3C5CC(C)(C)CCC5(C(=O)OC5OC(CO)C(O)C(O)C5OC5OCC(O)(CO)C5O)C(O)C(O)C34C)C2(C)C)OC(COC2OCC(O)C(O)C2O)C(O)C1OC1OCC(O)C(O)C1O. The molecule has 5 aliphatic carbocycles. The van der Waals surface area contributed by atoms with Crippen LogP contribution in [0.1, 0.15) is 107 Å². The molecule has 16 N–H and O–H groups in total. The maximum Gasteiger partial charge on any atom is 0.317 e. The number of allylic oxidation sites excluding steroid dienone is 1. The van der Waals surface area contributed by atoms with E-state index in [4.69, 9.17) is 47.4 Å². The molecule has 0 aromatic heterocycles. The fourth-order valence-electron chi connectivity index (χ4n) is 17.6. The van der Waals surface area contributed by atoms with Crippen LogP contribution in [0.15, 0.2) is 11.6 Å². The van der Waals surface area contributed by atoms with Crippen LogP contribution in [-0.4, -0.2) is 275 Å². The van der Waals surface area contributed by atoms with Crippen LogP contribution in [0.3, 0.4) is 0 Å². The number of carbonyl (C=O) groups is 2. The summed E-state index contributed by atoms with van der Waals surface area (Å²) in [6.07, 6.45) is -29.6. The summed E-state index contributed by atoms with van der Waals surface area (Å²) < 4.78 is 60.1. The smallest absolute Gasteiger partial charge is 0.317 e. The lowest BCUT2D eigenvalue weighted by Crippen LogP contribution is -2.73. The van der Waals surface area contributed by atoms with Gasteiger partial charge in [-0.05, 0) is 90.8 Å². The van der Waals surface area contributed by atoms with Gasteiger partial charge in [-0.1, -0.05) is 60.1 Å². The molecule has 0 radical (unpaired) electrons. The van der Waals surface area contributed by atoms with Crippen LogP contribution >= 0.6 is 0 Å². The lowest BCUT2D eigenvalue weighted by molar-refractivity contribution is -0.349. The number of amides is 1. The number of nitrogens with one attached hydrogen (secondary N) is 1. The van der Waals surface area contributed by atoms with Gasteiger partial charge in [0.25, 0.3) is 0 Å². The van der Waals surface area contributed by atoms with E-state index in [1.807, 2.05) is 6.92 Å².